The molecule has 0 bridgehead atoms. The van der Waals surface area contributed by atoms with E-state index < -0.39 is 23.3 Å². The number of piperidine rings is 3. The van der Waals surface area contributed by atoms with Gasteiger partial charge in [-0.3, -0.25) is 23.8 Å². The van der Waals surface area contributed by atoms with Gasteiger partial charge in [0.2, 0.25) is 5.91 Å². The van der Waals surface area contributed by atoms with Crippen molar-refractivity contribution in [3.63, 3.8) is 0 Å². The fourth-order valence-corrected chi connectivity index (χ4v) is 13.5. The third-order valence-corrected chi connectivity index (χ3v) is 17.7. The summed E-state index contributed by atoms with van der Waals surface area (Å²) in [7, 11) is 1.79. The standard InChI is InChI=1S/C57H68F2N10O5/c1-5-40-43(58)10-8-37-25-39(70)27-41(47(37)40)49-48(59)50-42(30-60-49)51(68-18-6-13-55(3,73)32-68)63-53(62-50)74-34-57(14-15-57)33-66-19-16-56(17-20-66)28-36(29-56)31-65-21-23-67(24-22-65)38-9-12-44-46(26-38)64(4)54(72)69(44)45-11-7-35(2)61-52(45)71/h8-10,12,25-27,30,36,45,70,73H,2,5-7,11,13-24,28-29,31-34H2,1,3-4H3,(H,61,71)/t45?,55-/m1/s1. The molecule has 390 valence electrons. The van der Waals surface area contributed by atoms with Gasteiger partial charge in [-0.05, 0) is 155 Å². The second-order valence-corrected chi connectivity index (χ2v) is 23.2. The van der Waals surface area contributed by atoms with Crippen molar-refractivity contribution in [1.82, 2.24) is 39.2 Å². The number of imidazole rings is 1. The van der Waals surface area contributed by atoms with Gasteiger partial charge in [0.1, 0.15) is 34.6 Å². The molecule has 2 aliphatic carbocycles. The molecule has 3 N–H and O–H groups in total. The first-order valence-corrected chi connectivity index (χ1v) is 26.9. The summed E-state index contributed by atoms with van der Waals surface area (Å²) < 4.78 is 42.2. The molecule has 2 saturated carbocycles. The van der Waals surface area contributed by atoms with Crippen molar-refractivity contribution in [1.29, 1.82) is 0 Å². The average Bonchev–Trinajstić information content (AvgIpc) is 4.10. The summed E-state index contributed by atoms with van der Waals surface area (Å²) in [5, 5.41) is 26.2. The van der Waals surface area contributed by atoms with Crippen molar-refractivity contribution in [2.24, 2.45) is 23.8 Å². The number of aliphatic hydroxyl groups is 1. The van der Waals surface area contributed by atoms with Gasteiger partial charge in [-0.15, -0.1) is 0 Å². The number of hydrogen-bond donors (Lipinski definition) is 3. The third-order valence-electron chi connectivity index (χ3n) is 17.7. The van der Waals surface area contributed by atoms with E-state index in [4.69, 9.17) is 14.7 Å². The second kappa shape index (κ2) is 18.6. The number of carbonyl (C=O) groups excluding carboxylic acids is 1. The Bertz CT molecular complexity index is 3270. The number of aryl methyl sites for hydroxylation is 2. The number of aromatic hydroxyl groups is 1. The van der Waals surface area contributed by atoms with Crippen molar-refractivity contribution in [3.8, 4) is 23.0 Å². The number of nitrogens with one attached hydrogen (secondary N) is 1. The zero-order chi connectivity index (χ0) is 51.3. The fourth-order valence-electron chi connectivity index (χ4n) is 13.5. The van der Waals surface area contributed by atoms with E-state index in [1.807, 2.05) is 17.9 Å². The third kappa shape index (κ3) is 8.95. The number of carbonyl (C=O) groups is 1. The van der Waals surface area contributed by atoms with Crippen molar-refractivity contribution in [2.45, 2.75) is 96.1 Å². The molecule has 4 saturated heterocycles. The summed E-state index contributed by atoms with van der Waals surface area (Å²) in [6.45, 7) is 16.9. The largest absolute Gasteiger partial charge is 0.508 e. The molecule has 0 radical (unpaired) electrons. The number of piperazine rings is 1. The van der Waals surface area contributed by atoms with E-state index in [1.54, 1.807) is 41.4 Å². The topological polar surface area (TPSA) is 157 Å². The van der Waals surface area contributed by atoms with Crippen LogP contribution in [0.15, 0.2) is 65.7 Å². The summed E-state index contributed by atoms with van der Waals surface area (Å²) in [6.07, 6.45) is 11.5. The highest BCUT2D eigenvalue weighted by molar-refractivity contribution is 6.02. The number of ether oxygens (including phenoxy) is 1. The number of β-amino-alcohol motifs (C(OH)–C–C–N with tert-alkyl or cyclic N) is 1. The van der Waals surface area contributed by atoms with Crippen LogP contribution in [0.25, 0.3) is 44.0 Å². The molecule has 17 heteroatoms. The molecule has 15 nitrogen and oxygen atoms in total. The Morgan fingerprint density at radius 3 is 2.42 bits per heavy atom. The average molecular weight is 1010 g/mol. The highest BCUT2D eigenvalue weighted by Gasteiger charge is 2.49. The molecule has 7 heterocycles. The molecule has 6 fully saturated rings. The Hall–Kier alpha value is -6.17. The number of pyridine rings is 1. The number of benzene rings is 3. The van der Waals surface area contributed by atoms with Gasteiger partial charge >= 0.3 is 11.7 Å². The molecule has 1 spiro atoms. The van der Waals surface area contributed by atoms with Gasteiger partial charge in [0.05, 0.1) is 28.6 Å². The molecule has 12 rings (SSSR count). The maximum Gasteiger partial charge on any atom is 0.329 e. The molecule has 4 aliphatic heterocycles. The Morgan fingerprint density at radius 2 is 1.69 bits per heavy atom. The minimum absolute atomic E-state index is 0.0227. The number of amides is 1. The number of rotatable bonds is 12. The van der Waals surface area contributed by atoms with E-state index in [9.17, 15) is 19.8 Å². The fraction of sp³-hybridized carbons (Fsp3) is 0.526. The van der Waals surface area contributed by atoms with Crippen LogP contribution in [0.3, 0.4) is 0 Å². The molecule has 1 amide bonds. The quantitative estimate of drug-likeness (QED) is 0.109. The summed E-state index contributed by atoms with van der Waals surface area (Å²) in [6, 6.07) is 11.7. The van der Waals surface area contributed by atoms with Crippen molar-refractivity contribution >= 4 is 50.1 Å². The smallest absolute Gasteiger partial charge is 0.329 e. The van der Waals surface area contributed by atoms with E-state index in [0.717, 1.165) is 88.3 Å². The number of nitrogens with zero attached hydrogens (tertiary/aromatic N) is 9. The van der Waals surface area contributed by atoms with Gasteiger partial charge < -0.3 is 35.0 Å². The highest BCUT2D eigenvalue weighted by Crippen LogP contribution is 2.54. The van der Waals surface area contributed by atoms with Crippen LogP contribution in [-0.4, -0.2) is 128 Å². The van der Waals surface area contributed by atoms with E-state index in [0.29, 0.717) is 89.9 Å². The summed E-state index contributed by atoms with van der Waals surface area (Å²) in [5.74, 6) is -0.212. The predicted molar refractivity (Wildman–Crippen MR) is 283 cm³/mol. The van der Waals surface area contributed by atoms with Crippen LogP contribution in [0.4, 0.5) is 20.3 Å². The van der Waals surface area contributed by atoms with Crippen LogP contribution in [0.1, 0.15) is 89.7 Å². The molecular formula is C57H68F2N10O5. The van der Waals surface area contributed by atoms with Gasteiger partial charge in [0, 0.05) is 88.0 Å². The van der Waals surface area contributed by atoms with E-state index in [1.165, 1.54) is 37.8 Å². The maximum atomic E-state index is 17.2. The zero-order valence-corrected chi connectivity index (χ0v) is 42.9. The Morgan fingerprint density at radius 1 is 0.905 bits per heavy atom. The van der Waals surface area contributed by atoms with Crippen LogP contribution in [-0.2, 0) is 18.3 Å². The molecular weight excluding hydrogens is 943 g/mol. The minimum Gasteiger partial charge on any atom is -0.508 e. The molecule has 6 aliphatic rings. The first-order valence-electron chi connectivity index (χ1n) is 26.9. The number of halogens is 2. The monoisotopic (exact) mass is 1010 g/mol. The first kappa shape index (κ1) is 48.8. The summed E-state index contributed by atoms with van der Waals surface area (Å²) in [4.78, 5) is 50.0. The lowest BCUT2D eigenvalue weighted by Gasteiger charge is -2.54. The maximum absolute atomic E-state index is 17.2. The van der Waals surface area contributed by atoms with Crippen LogP contribution < -0.4 is 25.5 Å². The molecule has 3 aromatic carbocycles. The van der Waals surface area contributed by atoms with Crippen LogP contribution >= 0.6 is 0 Å². The Kier molecular flexibility index (Phi) is 12.2. The van der Waals surface area contributed by atoms with Gasteiger partial charge in [0.25, 0.3) is 0 Å². The van der Waals surface area contributed by atoms with Crippen LogP contribution in [0, 0.1) is 28.4 Å². The summed E-state index contributed by atoms with van der Waals surface area (Å²) in [5.41, 5.74) is 3.35. The lowest BCUT2D eigenvalue weighted by Crippen LogP contribution is -2.53. The van der Waals surface area contributed by atoms with Crippen LogP contribution in [0.2, 0.25) is 0 Å². The number of allylic oxidation sites excluding steroid dienone is 1. The van der Waals surface area contributed by atoms with E-state index >= 15 is 8.78 Å². The number of phenolic OH excluding ortho intramolecular Hbond substituents is 1. The number of anilines is 2. The van der Waals surface area contributed by atoms with Crippen molar-refractivity contribution in [2.75, 3.05) is 81.9 Å². The number of likely N-dealkylation sites (tertiary alicyclic amines) is 1. The van der Waals surface area contributed by atoms with Gasteiger partial charge in [0.15, 0.2) is 5.82 Å². The van der Waals surface area contributed by atoms with E-state index in [2.05, 4.69) is 43.7 Å². The lowest BCUT2D eigenvalue weighted by atomic mass is 9.57. The Labute approximate surface area is 429 Å². The first-order chi connectivity index (χ1) is 35.6. The number of hydrogen-bond acceptors (Lipinski definition) is 12. The molecule has 2 atom stereocenters. The lowest BCUT2D eigenvalue weighted by molar-refractivity contribution is -0.124. The number of phenols is 1. The van der Waals surface area contributed by atoms with Gasteiger partial charge in [-0.2, -0.15) is 9.97 Å². The van der Waals surface area contributed by atoms with Crippen molar-refractivity contribution < 1.29 is 28.5 Å². The van der Waals surface area contributed by atoms with Gasteiger partial charge in [-0.1, -0.05) is 19.6 Å². The zero-order valence-electron chi connectivity index (χ0n) is 42.9. The second-order valence-electron chi connectivity index (χ2n) is 23.2. The SMILES string of the molecule is C=C1CCC(n2c(=O)n(C)c3cc(N4CCN(CC5CC6(CCN(CC7(COc8nc(N9CCC[C@@](C)(O)C9)c9cnc(-c%10cc(O)cc%11ccc(F)c(CC)c%10%11)c(F)c9n8)CC7)CC6)C5)CC4)ccc32)C(=O)N1. The molecule has 74 heavy (non-hydrogen) atoms. The number of aromatic nitrogens is 5. The highest BCUT2D eigenvalue weighted by atomic mass is 19.1. The molecule has 3 aromatic heterocycles. The Balaban J connectivity index is 0.670. The predicted octanol–water partition coefficient (Wildman–Crippen LogP) is 7.83. The number of fused-ring (bicyclic) bond motifs is 3. The molecule has 1 unspecified atom stereocenters. The van der Waals surface area contributed by atoms with Crippen molar-refractivity contribution in [3.05, 3.63) is 88.6 Å². The minimum atomic E-state index is -0.960. The molecule has 6 aromatic rings. The van der Waals surface area contributed by atoms with E-state index in [-0.39, 0.29) is 45.5 Å². The summed E-state index contributed by atoms with van der Waals surface area (Å²) >= 11 is 0. The normalized spacial score (nSPS) is 23.5. The van der Waals surface area contributed by atoms with Gasteiger partial charge in [-0.25, -0.2) is 13.6 Å². The van der Waals surface area contributed by atoms with Crippen LogP contribution in [0.5, 0.6) is 11.8 Å².